The fourth-order valence-electron chi connectivity index (χ4n) is 2.04. The first-order valence-corrected chi connectivity index (χ1v) is 6.52. The number of ether oxygens (including phenoxy) is 2. The van der Waals surface area contributed by atoms with Crippen molar-refractivity contribution >= 4 is 17.2 Å². The molecule has 0 amide bonds. The van der Waals surface area contributed by atoms with Gasteiger partial charge >= 0.3 is 0 Å². The second-order valence-corrected chi connectivity index (χ2v) is 5.69. The molecule has 1 heterocycles. The van der Waals surface area contributed by atoms with Gasteiger partial charge in [0.1, 0.15) is 10.7 Å². The van der Waals surface area contributed by atoms with E-state index in [4.69, 9.17) is 27.4 Å². The van der Waals surface area contributed by atoms with E-state index < -0.39 is 0 Å². The van der Waals surface area contributed by atoms with Crippen molar-refractivity contribution in [2.24, 2.45) is 11.1 Å². The van der Waals surface area contributed by atoms with Gasteiger partial charge in [0.2, 0.25) is 0 Å². The van der Waals surface area contributed by atoms with Crippen LogP contribution in [-0.2, 0) is 4.74 Å². The molecule has 1 aromatic rings. The molecule has 1 aliphatic heterocycles. The van der Waals surface area contributed by atoms with Gasteiger partial charge in [-0.05, 0) is 37.1 Å². The van der Waals surface area contributed by atoms with Crippen LogP contribution in [0.5, 0.6) is 5.75 Å². The number of rotatable bonds is 4. The number of nitrogens with two attached hydrogens (primary N) is 1. The molecule has 2 N–H and O–H groups in total. The molecule has 0 radical (unpaired) electrons. The topological polar surface area (TPSA) is 44.5 Å². The molecule has 2 rings (SSSR count). The normalized spacial score (nSPS) is 23.0. The minimum absolute atomic E-state index is 0.133. The fraction of sp³-hybridized carbons (Fsp3) is 0.500. The van der Waals surface area contributed by atoms with Crippen molar-refractivity contribution < 1.29 is 9.47 Å². The minimum atomic E-state index is 0.133. The lowest BCUT2D eigenvalue weighted by Gasteiger charge is -2.22. The van der Waals surface area contributed by atoms with Crippen LogP contribution in [0.2, 0.25) is 0 Å². The van der Waals surface area contributed by atoms with Crippen molar-refractivity contribution in [2.75, 3.05) is 19.8 Å². The highest BCUT2D eigenvalue weighted by molar-refractivity contribution is 7.80. The average molecular weight is 265 g/mol. The van der Waals surface area contributed by atoms with E-state index in [2.05, 4.69) is 6.92 Å². The number of benzene rings is 1. The SMILES string of the molecule is Cc1cc(C(N)=S)ccc1OCC1(C)CCOC1. The summed E-state index contributed by atoms with van der Waals surface area (Å²) in [7, 11) is 0. The quantitative estimate of drug-likeness (QED) is 0.849. The summed E-state index contributed by atoms with van der Waals surface area (Å²) in [5.74, 6) is 0.892. The fourth-order valence-corrected chi connectivity index (χ4v) is 2.17. The Morgan fingerprint density at radius 1 is 1.56 bits per heavy atom. The van der Waals surface area contributed by atoms with Crippen molar-refractivity contribution in [3.05, 3.63) is 29.3 Å². The molecule has 1 aromatic carbocycles. The van der Waals surface area contributed by atoms with Crippen LogP contribution in [0.1, 0.15) is 24.5 Å². The summed E-state index contributed by atoms with van der Waals surface area (Å²) in [6, 6.07) is 5.80. The maximum Gasteiger partial charge on any atom is 0.122 e. The van der Waals surface area contributed by atoms with Crippen LogP contribution in [0.3, 0.4) is 0 Å². The summed E-state index contributed by atoms with van der Waals surface area (Å²) in [5.41, 5.74) is 7.67. The van der Waals surface area contributed by atoms with E-state index in [1.54, 1.807) is 0 Å². The van der Waals surface area contributed by atoms with Crippen molar-refractivity contribution in [3.8, 4) is 5.75 Å². The van der Waals surface area contributed by atoms with Crippen molar-refractivity contribution in [2.45, 2.75) is 20.3 Å². The number of thiocarbonyl (C=S) groups is 1. The van der Waals surface area contributed by atoms with Gasteiger partial charge in [-0.2, -0.15) is 0 Å². The van der Waals surface area contributed by atoms with Gasteiger partial charge in [-0.3, -0.25) is 0 Å². The molecule has 0 saturated carbocycles. The van der Waals surface area contributed by atoms with Crippen LogP contribution in [0, 0.1) is 12.3 Å². The first kappa shape index (κ1) is 13.3. The maximum absolute atomic E-state index is 5.89. The molecule has 0 spiro atoms. The summed E-state index contributed by atoms with van der Waals surface area (Å²) in [6.45, 7) is 6.49. The summed E-state index contributed by atoms with van der Waals surface area (Å²) in [6.07, 6.45) is 1.05. The molecule has 1 atom stereocenters. The van der Waals surface area contributed by atoms with Crippen LogP contribution in [0.15, 0.2) is 18.2 Å². The molecular weight excluding hydrogens is 246 g/mol. The third kappa shape index (κ3) is 3.00. The third-order valence-corrected chi connectivity index (χ3v) is 3.57. The molecule has 98 valence electrons. The highest BCUT2D eigenvalue weighted by Crippen LogP contribution is 2.29. The molecule has 1 saturated heterocycles. The van der Waals surface area contributed by atoms with Gasteiger partial charge in [0.05, 0.1) is 13.2 Å². The largest absolute Gasteiger partial charge is 0.493 e. The van der Waals surface area contributed by atoms with Crippen molar-refractivity contribution in [1.29, 1.82) is 0 Å². The highest BCUT2D eigenvalue weighted by Gasteiger charge is 2.30. The Morgan fingerprint density at radius 3 is 2.89 bits per heavy atom. The molecule has 4 heteroatoms. The van der Waals surface area contributed by atoms with Crippen LogP contribution in [-0.4, -0.2) is 24.8 Å². The monoisotopic (exact) mass is 265 g/mol. The van der Waals surface area contributed by atoms with Gasteiger partial charge in [-0.25, -0.2) is 0 Å². The molecular formula is C14H19NO2S. The Hall–Kier alpha value is -1.13. The third-order valence-electron chi connectivity index (χ3n) is 3.34. The Balaban J connectivity index is 2.03. The predicted molar refractivity (Wildman–Crippen MR) is 76.1 cm³/mol. The van der Waals surface area contributed by atoms with Crippen LogP contribution >= 0.6 is 12.2 Å². The van der Waals surface area contributed by atoms with Gasteiger partial charge < -0.3 is 15.2 Å². The van der Waals surface area contributed by atoms with Crippen molar-refractivity contribution in [3.63, 3.8) is 0 Å². The average Bonchev–Trinajstić information content (AvgIpc) is 2.75. The zero-order valence-corrected chi connectivity index (χ0v) is 11.7. The maximum atomic E-state index is 5.89. The van der Waals surface area contributed by atoms with E-state index in [9.17, 15) is 0 Å². The predicted octanol–water partition coefficient (Wildman–Crippen LogP) is 2.43. The molecule has 1 fully saturated rings. The van der Waals surface area contributed by atoms with Gasteiger partial charge in [-0.15, -0.1) is 0 Å². The zero-order chi connectivity index (χ0) is 13.2. The Kier molecular flexibility index (Phi) is 3.88. The van der Waals surface area contributed by atoms with Crippen LogP contribution < -0.4 is 10.5 Å². The van der Waals surface area contributed by atoms with Crippen LogP contribution in [0.25, 0.3) is 0 Å². The first-order chi connectivity index (χ1) is 8.50. The van der Waals surface area contributed by atoms with Gasteiger partial charge in [-0.1, -0.05) is 19.1 Å². The Morgan fingerprint density at radius 2 is 2.33 bits per heavy atom. The Labute approximate surface area is 113 Å². The summed E-state index contributed by atoms with van der Waals surface area (Å²) in [5, 5.41) is 0. The molecule has 0 aliphatic carbocycles. The molecule has 1 unspecified atom stereocenters. The Bertz CT molecular complexity index is 453. The molecule has 3 nitrogen and oxygen atoms in total. The summed E-state index contributed by atoms with van der Waals surface area (Å²) in [4.78, 5) is 0.417. The minimum Gasteiger partial charge on any atom is -0.493 e. The summed E-state index contributed by atoms with van der Waals surface area (Å²) >= 11 is 4.96. The summed E-state index contributed by atoms with van der Waals surface area (Å²) < 4.78 is 11.3. The zero-order valence-electron chi connectivity index (χ0n) is 10.9. The number of aryl methyl sites for hydroxylation is 1. The van der Waals surface area contributed by atoms with E-state index >= 15 is 0 Å². The number of hydrogen-bond acceptors (Lipinski definition) is 3. The van der Waals surface area contributed by atoms with E-state index in [1.165, 1.54) is 0 Å². The van der Waals surface area contributed by atoms with Crippen LogP contribution in [0.4, 0.5) is 0 Å². The molecule has 0 bridgehead atoms. The highest BCUT2D eigenvalue weighted by atomic mass is 32.1. The lowest BCUT2D eigenvalue weighted by Crippen LogP contribution is -2.25. The second-order valence-electron chi connectivity index (χ2n) is 5.25. The lowest BCUT2D eigenvalue weighted by molar-refractivity contribution is 0.117. The molecule has 0 aromatic heterocycles. The smallest absolute Gasteiger partial charge is 0.122 e. The van der Waals surface area contributed by atoms with E-state index in [0.717, 1.165) is 36.5 Å². The van der Waals surface area contributed by atoms with E-state index in [-0.39, 0.29) is 5.41 Å². The standard InChI is InChI=1S/C14H19NO2S/c1-10-7-11(13(15)18)3-4-12(10)17-9-14(2)5-6-16-8-14/h3-4,7H,5-6,8-9H2,1-2H3,(H2,15,18). The molecule has 18 heavy (non-hydrogen) atoms. The van der Waals surface area contributed by atoms with E-state index in [0.29, 0.717) is 11.6 Å². The first-order valence-electron chi connectivity index (χ1n) is 6.11. The van der Waals surface area contributed by atoms with E-state index in [1.807, 2.05) is 25.1 Å². The lowest BCUT2D eigenvalue weighted by atomic mass is 9.91. The van der Waals surface area contributed by atoms with Crippen molar-refractivity contribution in [1.82, 2.24) is 0 Å². The number of hydrogen-bond donors (Lipinski definition) is 1. The van der Waals surface area contributed by atoms with Gasteiger partial charge in [0, 0.05) is 17.6 Å². The van der Waals surface area contributed by atoms with Gasteiger partial charge in [0.15, 0.2) is 0 Å². The second kappa shape index (κ2) is 5.24. The molecule has 1 aliphatic rings. The van der Waals surface area contributed by atoms with Gasteiger partial charge in [0.25, 0.3) is 0 Å².